The molecule has 0 N–H and O–H groups in total. The largest absolute Gasteiger partial charge is 0.497 e. The number of methoxy groups -OCH3 is 1. The van der Waals surface area contributed by atoms with Gasteiger partial charge >= 0.3 is 6.03 Å². The van der Waals surface area contributed by atoms with Crippen LogP contribution in [0.1, 0.15) is 0 Å². The van der Waals surface area contributed by atoms with E-state index in [0.717, 1.165) is 10.6 Å². The topological polar surface area (TPSA) is 49.9 Å². The molecule has 0 aromatic heterocycles. The summed E-state index contributed by atoms with van der Waals surface area (Å²) in [5.41, 5.74) is 0.693. The van der Waals surface area contributed by atoms with Gasteiger partial charge in [-0.05, 0) is 30.3 Å². The van der Waals surface area contributed by atoms with Gasteiger partial charge in [-0.2, -0.15) is 0 Å². The number of hydrogen-bond donors (Lipinski definition) is 0. The van der Waals surface area contributed by atoms with Crippen molar-refractivity contribution < 1.29 is 14.3 Å². The van der Waals surface area contributed by atoms with Gasteiger partial charge in [0.25, 0.3) is 0 Å². The van der Waals surface area contributed by atoms with Crippen LogP contribution in [-0.2, 0) is 4.79 Å². The second kappa shape index (κ2) is 4.69. The van der Waals surface area contributed by atoms with E-state index in [0.29, 0.717) is 18.6 Å². The van der Waals surface area contributed by atoms with Crippen LogP contribution in [0.2, 0.25) is 0 Å². The molecule has 0 spiro atoms. The summed E-state index contributed by atoms with van der Waals surface area (Å²) in [5.74, 6) is 0.717. The van der Waals surface area contributed by atoms with Crippen molar-refractivity contribution in [3.63, 3.8) is 0 Å². The van der Waals surface area contributed by atoms with Crippen LogP contribution in [0.4, 0.5) is 10.5 Å². The van der Waals surface area contributed by atoms with Gasteiger partial charge in [0.05, 0.1) is 12.8 Å². The summed E-state index contributed by atoms with van der Waals surface area (Å²) < 4.78 is 5.04. The first kappa shape index (κ1) is 11.2. The van der Waals surface area contributed by atoms with Gasteiger partial charge in [-0.1, -0.05) is 0 Å². The third-order valence-electron chi connectivity index (χ3n) is 2.49. The lowest BCUT2D eigenvalue weighted by Gasteiger charge is -2.27. The molecule has 2 rings (SSSR count). The van der Waals surface area contributed by atoms with E-state index in [1.54, 1.807) is 43.7 Å². The summed E-state index contributed by atoms with van der Waals surface area (Å²) in [5, 5.41) is 0. The Balaban J connectivity index is 2.26. The summed E-state index contributed by atoms with van der Waals surface area (Å²) in [6.07, 6.45) is 3.94. The van der Waals surface area contributed by atoms with Crippen LogP contribution in [0, 0.1) is 0 Å². The molecule has 0 atom stereocenters. The Morgan fingerprint density at radius 2 is 2.00 bits per heavy atom. The Morgan fingerprint density at radius 3 is 2.59 bits per heavy atom. The SMILES string of the molecule is COc1ccc(N2C=CCN(C=O)C2=O)cc1. The second-order valence-electron chi connectivity index (χ2n) is 3.49. The molecule has 1 aliphatic heterocycles. The number of carbonyl (C=O) groups is 2. The highest BCUT2D eigenvalue weighted by atomic mass is 16.5. The van der Waals surface area contributed by atoms with Crippen LogP contribution in [0.25, 0.3) is 0 Å². The van der Waals surface area contributed by atoms with Gasteiger partial charge in [0.2, 0.25) is 6.41 Å². The third-order valence-corrected chi connectivity index (χ3v) is 2.49. The lowest BCUT2D eigenvalue weighted by Crippen LogP contribution is -2.43. The zero-order valence-electron chi connectivity index (χ0n) is 9.37. The molecule has 0 bridgehead atoms. The Bertz CT molecular complexity index is 453. The molecule has 3 amide bonds. The first-order valence-corrected chi connectivity index (χ1v) is 5.12. The molecule has 5 heteroatoms. The number of hydrogen-bond acceptors (Lipinski definition) is 3. The molecule has 1 aromatic carbocycles. The van der Waals surface area contributed by atoms with Crippen molar-refractivity contribution in [3.05, 3.63) is 36.5 Å². The van der Waals surface area contributed by atoms with Gasteiger partial charge in [0, 0.05) is 12.7 Å². The van der Waals surface area contributed by atoms with E-state index < -0.39 is 0 Å². The minimum Gasteiger partial charge on any atom is -0.497 e. The average Bonchev–Trinajstić information content (AvgIpc) is 2.39. The Kier molecular flexibility index (Phi) is 3.09. The summed E-state index contributed by atoms with van der Waals surface area (Å²) >= 11 is 0. The lowest BCUT2D eigenvalue weighted by molar-refractivity contribution is -0.115. The fourth-order valence-electron chi connectivity index (χ4n) is 1.57. The van der Waals surface area contributed by atoms with Crippen LogP contribution in [0.3, 0.4) is 0 Å². The molecule has 17 heavy (non-hydrogen) atoms. The molecule has 1 heterocycles. The number of benzene rings is 1. The highest BCUT2D eigenvalue weighted by molar-refractivity contribution is 6.00. The van der Waals surface area contributed by atoms with Crippen molar-refractivity contribution in [3.8, 4) is 5.75 Å². The van der Waals surface area contributed by atoms with Gasteiger partial charge in [-0.25, -0.2) is 4.79 Å². The minimum absolute atomic E-state index is 0.314. The average molecular weight is 232 g/mol. The predicted molar refractivity (Wildman–Crippen MR) is 62.8 cm³/mol. The van der Waals surface area contributed by atoms with Crippen LogP contribution in [0.15, 0.2) is 36.5 Å². The lowest BCUT2D eigenvalue weighted by atomic mass is 10.2. The highest BCUT2D eigenvalue weighted by Gasteiger charge is 2.22. The molecule has 0 aliphatic carbocycles. The first-order valence-electron chi connectivity index (χ1n) is 5.12. The molecular formula is C12H12N2O3. The van der Waals surface area contributed by atoms with Crippen molar-refractivity contribution in [2.24, 2.45) is 0 Å². The number of carbonyl (C=O) groups excluding carboxylic acids is 2. The maximum Gasteiger partial charge on any atom is 0.335 e. The number of urea groups is 1. The summed E-state index contributed by atoms with van der Waals surface area (Å²) in [6.45, 7) is 0.314. The van der Waals surface area contributed by atoms with E-state index in [-0.39, 0.29) is 6.03 Å². The van der Waals surface area contributed by atoms with Crippen LogP contribution in [0.5, 0.6) is 5.75 Å². The Morgan fingerprint density at radius 1 is 1.29 bits per heavy atom. The van der Waals surface area contributed by atoms with E-state index in [2.05, 4.69) is 0 Å². The van der Waals surface area contributed by atoms with E-state index in [4.69, 9.17) is 4.74 Å². The summed E-state index contributed by atoms with van der Waals surface area (Å²) in [7, 11) is 1.58. The molecule has 88 valence electrons. The number of anilines is 1. The molecule has 0 fully saturated rings. The number of rotatable bonds is 3. The summed E-state index contributed by atoms with van der Waals surface area (Å²) in [4.78, 5) is 25.0. The number of amides is 3. The van der Waals surface area contributed by atoms with Crippen LogP contribution in [-0.4, -0.2) is 31.0 Å². The minimum atomic E-state index is -0.354. The highest BCUT2D eigenvalue weighted by Crippen LogP contribution is 2.22. The molecule has 0 radical (unpaired) electrons. The van der Waals surface area contributed by atoms with Gasteiger partial charge in [0.1, 0.15) is 5.75 Å². The maximum absolute atomic E-state index is 11.8. The fraction of sp³-hybridized carbons (Fsp3) is 0.167. The van der Waals surface area contributed by atoms with E-state index in [1.807, 2.05) is 0 Å². The van der Waals surface area contributed by atoms with E-state index in [1.165, 1.54) is 4.90 Å². The molecule has 5 nitrogen and oxygen atoms in total. The monoisotopic (exact) mass is 232 g/mol. The van der Waals surface area contributed by atoms with Crippen molar-refractivity contribution >= 4 is 18.1 Å². The quantitative estimate of drug-likeness (QED) is 0.744. The Labute approximate surface area is 98.9 Å². The zero-order valence-corrected chi connectivity index (χ0v) is 9.37. The smallest absolute Gasteiger partial charge is 0.335 e. The normalized spacial score (nSPS) is 15.0. The van der Waals surface area contributed by atoms with Crippen molar-refractivity contribution in [2.45, 2.75) is 0 Å². The third kappa shape index (κ3) is 2.13. The van der Waals surface area contributed by atoms with E-state index in [9.17, 15) is 9.59 Å². The van der Waals surface area contributed by atoms with Crippen molar-refractivity contribution in [1.29, 1.82) is 0 Å². The van der Waals surface area contributed by atoms with Crippen molar-refractivity contribution in [2.75, 3.05) is 18.6 Å². The van der Waals surface area contributed by atoms with E-state index >= 15 is 0 Å². The first-order chi connectivity index (χ1) is 8.26. The van der Waals surface area contributed by atoms with Gasteiger partial charge in [0.15, 0.2) is 0 Å². The molecule has 1 aliphatic rings. The molecule has 0 saturated heterocycles. The molecule has 0 unspecified atom stereocenters. The standard InChI is InChI=1S/C12H12N2O3/c1-17-11-5-3-10(4-6-11)14-8-2-7-13(9-15)12(14)16/h2-6,8-9H,7H2,1H3. The van der Waals surface area contributed by atoms with Gasteiger partial charge in [-0.15, -0.1) is 0 Å². The van der Waals surface area contributed by atoms with Gasteiger partial charge < -0.3 is 4.74 Å². The fourth-order valence-corrected chi connectivity index (χ4v) is 1.57. The zero-order chi connectivity index (χ0) is 12.3. The summed E-state index contributed by atoms with van der Waals surface area (Å²) in [6, 6.07) is 6.69. The second-order valence-corrected chi connectivity index (χ2v) is 3.49. The predicted octanol–water partition coefficient (Wildman–Crippen LogP) is 1.61. The van der Waals surface area contributed by atoms with Gasteiger partial charge in [-0.3, -0.25) is 14.6 Å². The molecule has 0 saturated carbocycles. The van der Waals surface area contributed by atoms with Crippen LogP contribution >= 0.6 is 0 Å². The Hall–Kier alpha value is -2.30. The number of nitrogens with zero attached hydrogens (tertiary/aromatic N) is 2. The molecule has 1 aromatic rings. The van der Waals surface area contributed by atoms with Crippen molar-refractivity contribution in [1.82, 2.24) is 4.90 Å². The molecular weight excluding hydrogens is 220 g/mol. The number of imide groups is 1. The maximum atomic E-state index is 11.8. The number of ether oxygens (including phenoxy) is 1. The van der Waals surface area contributed by atoms with Crippen LogP contribution < -0.4 is 9.64 Å².